The minimum atomic E-state index is -0.730. The van der Waals surface area contributed by atoms with Gasteiger partial charge >= 0.3 is 0 Å². The molecule has 33 heavy (non-hydrogen) atoms. The minimum Gasteiger partial charge on any atom is -0.326 e. The highest BCUT2D eigenvalue weighted by Gasteiger charge is 2.34. The predicted molar refractivity (Wildman–Crippen MR) is 117 cm³/mol. The minimum absolute atomic E-state index is 0.0179. The van der Waals surface area contributed by atoms with E-state index in [9.17, 15) is 34.6 Å². The lowest BCUT2D eigenvalue weighted by atomic mass is 9.93. The molecule has 0 saturated carbocycles. The molecule has 0 atom stereocenters. The Bertz CT molecular complexity index is 1380. The second-order valence-electron chi connectivity index (χ2n) is 7.42. The maximum Gasteiger partial charge on any atom is 0.274 e. The lowest BCUT2D eigenvalue weighted by molar-refractivity contribution is -0.385. The normalized spacial score (nSPS) is 12.7. The molecule has 166 valence electrons. The summed E-state index contributed by atoms with van der Waals surface area (Å²) in [5, 5.41) is 25.6. The Balaban J connectivity index is 1.57. The first kappa shape index (κ1) is 21.6. The van der Waals surface area contributed by atoms with Crippen LogP contribution in [0.15, 0.2) is 48.5 Å². The summed E-state index contributed by atoms with van der Waals surface area (Å²) in [4.78, 5) is 60.5. The molecule has 1 N–H and O–H groups in total. The van der Waals surface area contributed by atoms with Crippen LogP contribution in [0.25, 0.3) is 10.8 Å². The summed E-state index contributed by atoms with van der Waals surface area (Å²) in [5.74, 6) is -1.89. The largest absolute Gasteiger partial charge is 0.326 e. The van der Waals surface area contributed by atoms with E-state index in [4.69, 9.17) is 0 Å². The molecule has 0 aliphatic carbocycles. The Labute approximate surface area is 185 Å². The highest BCUT2D eigenvalue weighted by atomic mass is 16.6. The van der Waals surface area contributed by atoms with Crippen molar-refractivity contribution in [2.45, 2.75) is 13.3 Å². The highest BCUT2D eigenvalue weighted by Crippen LogP contribution is 2.33. The van der Waals surface area contributed by atoms with Crippen LogP contribution in [-0.4, -0.2) is 39.0 Å². The number of imide groups is 1. The number of nitrogens with one attached hydrogen (secondary N) is 1. The molecule has 3 amide bonds. The third-order valence-electron chi connectivity index (χ3n) is 5.46. The average molecular weight is 448 g/mol. The summed E-state index contributed by atoms with van der Waals surface area (Å²) in [7, 11) is 0. The summed E-state index contributed by atoms with van der Waals surface area (Å²) in [6.07, 6.45) is -0.264. The van der Waals surface area contributed by atoms with Crippen molar-refractivity contribution < 1.29 is 24.2 Å². The van der Waals surface area contributed by atoms with Gasteiger partial charge in [-0.3, -0.25) is 39.5 Å². The van der Waals surface area contributed by atoms with Gasteiger partial charge in [-0.1, -0.05) is 18.2 Å². The molecule has 0 saturated heterocycles. The number of nitrogens with zero attached hydrogens (tertiary/aromatic N) is 3. The maximum absolute atomic E-state index is 13.0. The third kappa shape index (κ3) is 3.76. The van der Waals surface area contributed by atoms with Crippen LogP contribution in [0.2, 0.25) is 0 Å². The quantitative estimate of drug-likeness (QED) is 0.343. The van der Waals surface area contributed by atoms with Crippen molar-refractivity contribution in [3.8, 4) is 0 Å². The Morgan fingerprint density at radius 3 is 2.36 bits per heavy atom. The fraction of sp³-hybridized carbons (Fsp3) is 0.136. The molecule has 3 aromatic rings. The molecular weight excluding hydrogens is 432 g/mol. The van der Waals surface area contributed by atoms with Gasteiger partial charge in [-0.25, -0.2) is 0 Å². The Morgan fingerprint density at radius 1 is 0.970 bits per heavy atom. The lowest BCUT2D eigenvalue weighted by Crippen LogP contribution is -2.41. The van der Waals surface area contributed by atoms with E-state index in [2.05, 4.69) is 5.32 Å². The van der Waals surface area contributed by atoms with Crippen molar-refractivity contribution in [2.24, 2.45) is 0 Å². The molecule has 11 nitrogen and oxygen atoms in total. The predicted octanol–water partition coefficient (Wildman–Crippen LogP) is 3.59. The Kier molecular flexibility index (Phi) is 5.30. The molecule has 0 bridgehead atoms. The molecule has 3 aromatic carbocycles. The molecule has 0 radical (unpaired) electrons. The number of amides is 3. The zero-order valence-corrected chi connectivity index (χ0v) is 17.2. The Morgan fingerprint density at radius 2 is 1.67 bits per heavy atom. The number of non-ortho nitro benzene ring substituents is 1. The van der Waals surface area contributed by atoms with E-state index in [1.54, 1.807) is 12.1 Å². The van der Waals surface area contributed by atoms with Crippen LogP contribution in [0, 0.1) is 27.2 Å². The summed E-state index contributed by atoms with van der Waals surface area (Å²) in [6, 6.07) is 11.3. The van der Waals surface area contributed by atoms with Gasteiger partial charge in [0.25, 0.3) is 23.2 Å². The van der Waals surface area contributed by atoms with Crippen molar-refractivity contribution in [1.82, 2.24) is 4.90 Å². The van der Waals surface area contributed by atoms with Crippen LogP contribution >= 0.6 is 0 Å². The number of benzene rings is 3. The van der Waals surface area contributed by atoms with Crippen molar-refractivity contribution >= 4 is 45.6 Å². The summed E-state index contributed by atoms with van der Waals surface area (Å²) < 4.78 is 0. The van der Waals surface area contributed by atoms with Crippen LogP contribution in [0.4, 0.5) is 17.1 Å². The van der Waals surface area contributed by atoms with E-state index in [1.807, 2.05) is 0 Å². The first-order chi connectivity index (χ1) is 15.7. The number of hydrogen-bond donors (Lipinski definition) is 1. The highest BCUT2D eigenvalue weighted by molar-refractivity contribution is 6.25. The van der Waals surface area contributed by atoms with Gasteiger partial charge in [-0.15, -0.1) is 0 Å². The van der Waals surface area contributed by atoms with Crippen LogP contribution in [-0.2, 0) is 4.79 Å². The van der Waals surface area contributed by atoms with Crippen LogP contribution < -0.4 is 5.32 Å². The summed E-state index contributed by atoms with van der Waals surface area (Å²) in [6.45, 7) is 1.23. The molecule has 1 heterocycles. The zero-order valence-electron chi connectivity index (χ0n) is 17.2. The van der Waals surface area contributed by atoms with Crippen LogP contribution in [0.5, 0.6) is 0 Å². The monoisotopic (exact) mass is 448 g/mol. The van der Waals surface area contributed by atoms with Crippen LogP contribution in [0.1, 0.15) is 32.7 Å². The molecular formula is C22H16N4O7. The van der Waals surface area contributed by atoms with Crippen molar-refractivity contribution in [1.29, 1.82) is 0 Å². The van der Waals surface area contributed by atoms with Crippen molar-refractivity contribution in [2.75, 3.05) is 11.9 Å². The van der Waals surface area contributed by atoms with Gasteiger partial charge in [0.2, 0.25) is 5.91 Å². The second kappa shape index (κ2) is 8.11. The van der Waals surface area contributed by atoms with E-state index >= 15 is 0 Å². The smallest absolute Gasteiger partial charge is 0.274 e. The van der Waals surface area contributed by atoms with Crippen LogP contribution in [0.3, 0.4) is 0 Å². The van der Waals surface area contributed by atoms with E-state index < -0.39 is 27.6 Å². The number of carbonyl (C=O) groups is 3. The summed E-state index contributed by atoms with van der Waals surface area (Å²) in [5.41, 5.74) is 0.318. The number of rotatable bonds is 6. The fourth-order valence-corrected chi connectivity index (χ4v) is 3.83. The first-order valence-electron chi connectivity index (χ1n) is 9.80. The average Bonchev–Trinajstić information content (AvgIpc) is 2.78. The number of carbonyl (C=O) groups excluding carboxylic acids is 3. The molecule has 1 aliphatic heterocycles. The topological polar surface area (TPSA) is 153 Å². The third-order valence-corrected chi connectivity index (χ3v) is 5.46. The molecule has 4 rings (SSSR count). The van der Waals surface area contributed by atoms with Gasteiger partial charge in [0, 0.05) is 42.1 Å². The number of nitro benzene ring substituents is 2. The number of nitro groups is 2. The van der Waals surface area contributed by atoms with E-state index in [0.29, 0.717) is 10.8 Å². The maximum atomic E-state index is 13.0. The van der Waals surface area contributed by atoms with Crippen molar-refractivity contribution in [3.63, 3.8) is 0 Å². The molecule has 0 aromatic heterocycles. The molecule has 0 fully saturated rings. The van der Waals surface area contributed by atoms with E-state index in [-0.39, 0.29) is 46.7 Å². The molecule has 11 heteroatoms. The van der Waals surface area contributed by atoms with Crippen molar-refractivity contribution in [3.05, 3.63) is 85.4 Å². The SMILES string of the molecule is Cc1c(NC(=O)CCN2C(=O)c3cccc4cc([N+](=O)[O-])cc(c34)C2=O)cccc1[N+](=O)[O-]. The van der Waals surface area contributed by atoms with Gasteiger partial charge in [0.1, 0.15) is 0 Å². The standard InChI is InChI=1S/C22H16N4O7/c1-12-17(6-3-7-18(12)26(32)33)23-19(27)8-9-24-21(28)15-5-2-4-13-10-14(25(30)31)11-16(20(13)15)22(24)29/h2-7,10-11H,8-9H2,1H3,(H,23,27). The fourth-order valence-electron chi connectivity index (χ4n) is 3.83. The Hall–Kier alpha value is -4.67. The molecule has 0 spiro atoms. The molecule has 0 unspecified atom stereocenters. The zero-order chi connectivity index (χ0) is 23.9. The number of anilines is 1. The van der Waals surface area contributed by atoms with Gasteiger partial charge in [-0.2, -0.15) is 0 Å². The van der Waals surface area contributed by atoms with Gasteiger partial charge < -0.3 is 5.32 Å². The van der Waals surface area contributed by atoms with Gasteiger partial charge in [-0.05, 0) is 24.4 Å². The number of hydrogen-bond acceptors (Lipinski definition) is 7. The first-order valence-corrected chi connectivity index (χ1v) is 9.80. The summed E-state index contributed by atoms with van der Waals surface area (Å²) >= 11 is 0. The molecule has 1 aliphatic rings. The van der Waals surface area contributed by atoms with E-state index in [0.717, 1.165) is 11.0 Å². The van der Waals surface area contributed by atoms with E-state index in [1.165, 1.54) is 37.3 Å². The lowest BCUT2D eigenvalue weighted by Gasteiger charge is -2.27. The van der Waals surface area contributed by atoms with Gasteiger partial charge in [0.15, 0.2) is 0 Å². The second-order valence-corrected chi connectivity index (χ2v) is 7.42. The van der Waals surface area contributed by atoms with Gasteiger partial charge in [0.05, 0.1) is 26.7 Å².